The quantitative estimate of drug-likeness (QED) is 0.713. The summed E-state index contributed by atoms with van der Waals surface area (Å²) in [5.41, 5.74) is 2.46. The summed E-state index contributed by atoms with van der Waals surface area (Å²) in [5.74, 6) is 0.531. The van der Waals surface area contributed by atoms with Crippen LogP contribution in [0.5, 0.6) is 5.75 Å². The van der Waals surface area contributed by atoms with Crippen molar-refractivity contribution in [2.45, 2.75) is 0 Å². The summed E-state index contributed by atoms with van der Waals surface area (Å²) in [6.45, 7) is 1.96. The number of hydrogen-bond acceptors (Lipinski definition) is 5. The van der Waals surface area contributed by atoms with E-state index < -0.39 is 0 Å². The second-order valence-electron chi connectivity index (χ2n) is 6.35. The molecule has 1 fully saturated rings. The standard InChI is InChI=1S/C20H19N3O4/c1-26-16-4-2-3-14(11-16)19(24)22-7-9-23(10-8-22)20(25)15-5-6-17-18(12-15)27-13-21-17/h2-6,11-13H,7-10H2,1H3. The number of piperazine rings is 1. The number of oxazole rings is 1. The molecular formula is C20H19N3O4. The van der Waals surface area contributed by atoms with Crippen molar-refractivity contribution in [3.8, 4) is 5.75 Å². The topological polar surface area (TPSA) is 75.9 Å². The van der Waals surface area contributed by atoms with E-state index in [1.54, 1.807) is 59.4 Å². The highest BCUT2D eigenvalue weighted by Crippen LogP contribution is 2.18. The highest BCUT2D eigenvalue weighted by molar-refractivity contribution is 5.98. The van der Waals surface area contributed by atoms with Crippen molar-refractivity contribution >= 4 is 22.9 Å². The number of amides is 2. The number of nitrogens with zero attached hydrogens (tertiary/aromatic N) is 3. The third kappa shape index (κ3) is 3.36. The molecule has 7 heteroatoms. The third-order valence-corrected chi connectivity index (χ3v) is 4.75. The third-order valence-electron chi connectivity index (χ3n) is 4.75. The molecule has 0 saturated carbocycles. The summed E-state index contributed by atoms with van der Waals surface area (Å²) in [4.78, 5) is 33.0. The maximum Gasteiger partial charge on any atom is 0.254 e. The maximum atomic E-state index is 12.7. The molecule has 0 N–H and O–H groups in total. The van der Waals surface area contributed by atoms with E-state index in [1.165, 1.54) is 6.39 Å². The van der Waals surface area contributed by atoms with E-state index in [9.17, 15) is 9.59 Å². The second-order valence-corrected chi connectivity index (χ2v) is 6.35. The van der Waals surface area contributed by atoms with Crippen molar-refractivity contribution in [1.82, 2.24) is 14.8 Å². The van der Waals surface area contributed by atoms with Gasteiger partial charge in [-0.05, 0) is 36.4 Å². The highest BCUT2D eigenvalue weighted by atomic mass is 16.5. The average Bonchev–Trinajstić information content (AvgIpc) is 3.20. The van der Waals surface area contributed by atoms with Gasteiger partial charge < -0.3 is 19.0 Å². The molecule has 0 bridgehead atoms. The Morgan fingerprint density at radius 2 is 1.63 bits per heavy atom. The van der Waals surface area contributed by atoms with Crippen LogP contribution in [-0.4, -0.2) is 59.9 Å². The zero-order chi connectivity index (χ0) is 18.8. The summed E-state index contributed by atoms with van der Waals surface area (Å²) in [5, 5.41) is 0. The molecule has 2 heterocycles. The molecule has 2 amide bonds. The Labute approximate surface area is 156 Å². The minimum absolute atomic E-state index is 0.0518. The summed E-state index contributed by atoms with van der Waals surface area (Å²) < 4.78 is 10.4. The number of hydrogen-bond donors (Lipinski definition) is 0. The van der Waals surface area contributed by atoms with E-state index in [2.05, 4.69) is 4.98 Å². The van der Waals surface area contributed by atoms with Crippen molar-refractivity contribution in [3.63, 3.8) is 0 Å². The van der Waals surface area contributed by atoms with Crippen LogP contribution in [0.2, 0.25) is 0 Å². The first-order valence-corrected chi connectivity index (χ1v) is 8.71. The van der Waals surface area contributed by atoms with Gasteiger partial charge in [0.05, 0.1) is 7.11 Å². The minimum atomic E-state index is -0.0678. The Morgan fingerprint density at radius 1 is 0.963 bits per heavy atom. The Morgan fingerprint density at radius 3 is 2.30 bits per heavy atom. The highest BCUT2D eigenvalue weighted by Gasteiger charge is 2.26. The molecule has 7 nitrogen and oxygen atoms in total. The van der Waals surface area contributed by atoms with E-state index in [0.29, 0.717) is 48.6 Å². The molecule has 1 aliphatic rings. The van der Waals surface area contributed by atoms with Crippen LogP contribution >= 0.6 is 0 Å². The fourth-order valence-electron chi connectivity index (χ4n) is 3.22. The monoisotopic (exact) mass is 365 g/mol. The van der Waals surface area contributed by atoms with Crippen molar-refractivity contribution < 1.29 is 18.7 Å². The molecule has 1 aliphatic heterocycles. The fraction of sp³-hybridized carbons (Fsp3) is 0.250. The predicted octanol–water partition coefficient (Wildman–Crippen LogP) is 2.43. The largest absolute Gasteiger partial charge is 0.497 e. The predicted molar refractivity (Wildman–Crippen MR) is 98.8 cm³/mol. The Bertz CT molecular complexity index is 990. The molecule has 0 atom stereocenters. The average molecular weight is 365 g/mol. The number of rotatable bonds is 3. The second kappa shape index (κ2) is 7.11. The van der Waals surface area contributed by atoms with Gasteiger partial charge in [-0.2, -0.15) is 0 Å². The SMILES string of the molecule is COc1cccc(C(=O)N2CCN(C(=O)c3ccc4ncoc4c3)CC2)c1. The molecule has 0 aliphatic carbocycles. The fourth-order valence-corrected chi connectivity index (χ4v) is 3.22. The van der Waals surface area contributed by atoms with Gasteiger partial charge in [0.1, 0.15) is 11.3 Å². The summed E-state index contributed by atoms with van der Waals surface area (Å²) in [6.07, 6.45) is 1.36. The van der Waals surface area contributed by atoms with Crippen LogP contribution < -0.4 is 4.74 Å². The smallest absolute Gasteiger partial charge is 0.254 e. The van der Waals surface area contributed by atoms with Gasteiger partial charge in [-0.3, -0.25) is 9.59 Å². The van der Waals surface area contributed by atoms with E-state index in [0.717, 1.165) is 5.52 Å². The number of carbonyl (C=O) groups excluding carboxylic acids is 2. The number of benzene rings is 2. The zero-order valence-electron chi connectivity index (χ0n) is 14.9. The zero-order valence-corrected chi connectivity index (χ0v) is 14.9. The van der Waals surface area contributed by atoms with Gasteiger partial charge in [0, 0.05) is 37.3 Å². The van der Waals surface area contributed by atoms with Gasteiger partial charge in [-0.1, -0.05) is 6.07 Å². The van der Waals surface area contributed by atoms with Crippen molar-refractivity contribution in [1.29, 1.82) is 0 Å². The molecule has 0 unspecified atom stereocenters. The molecule has 2 aromatic carbocycles. The molecule has 1 saturated heterocycles. The molecule has 4 rings (SSSR count). The van der Waals surface area contributed by atoms with Crippen molar-refractivity contribution in [3.05, 3.63) is 60.0 Å². The number of carbonyl (C=O) groups is 2. The lowest BCUT2D eigenvalue weighted by atomic mass is 10.1. The van der Waals surface area contributed by atoms with Gasteiger partial charge in [0.15, 0.2) is 12.0 Å². The van der Waals surface area contributed by atoms with Crippen LogP contribution in [0.25, 0.3) is 11.1 Å². The summed E-state index contributed by atoms with van der Waals surface area (Å²) >= 11 is 0. The number of ether oxygens (including phenoxy) is 1. The lowest BCUT2D eigenvalue weighted by molar-refractivity contribution is 0.0535. The summed E-state index contributed by atoms with van der Waals surface area (Å²) in [7, 11) is 1.57. The molecule has 0 radical (unpaired) electrons. The molecule has 0 spiro atoms. The molecule has 3 aromatic rings. The van der Waals surface area contributed by atoms with Gasteiger partial charge >= 0.3 is 0 Å². The Kier molecular flexibility index (Phi) is 4.50. The first kappa shape index (κ1) is 17.1. The Hall–Kier alpha value is -3.35. The van der Waals surface area contributed by atoms with Crippen LogP contribution in [0.3, 0.4) is 0 Å². The van der Waals surface area contributed by atoms with Gasteiger partial charge in [0.25, 0.3) is 11.8 Å². The number of fused-ring (bicyclic) bond motifs is 1. The maximum absolute atomic E-state index is 12.7. The Balaban J connectivity index is 1.42. The van der Waals surface area contributed by atoms with Gasteiger partial charge in [0.2, 0.25) is 0 Å². The normalized spacial score (nSPS) is 14.4. The number of methoxy groups -OCH3 is 1. The van der Waals surface area contributed by atoms with Crippen LogP contribution in [0.1, 0.15) is 20.7 Å². The summed E-state index contributed by atoms with van der Waals surface area (Å²) in [6, 6.07) is 12.3. The van der Waals surface area contributed by atoms with Crippen LogP contribution in [-0.2, 0) is 0 Å². The van der Waals surface area contributed by atoms with Crippen LogP contribution in [0.4, 0.5) is 0 Å². The van der Waals surface area contributed by atoms with Crippen molar-refractivity contribution in [2.24, 2.45) is 0 Å². The molecule has 1 aromatic heterocycles. The minimum Gasteiger partial charge on any atom is -0.497 e. The number of aromatic nitrogens is 1. The van der Waals surface area contributed by atoms with Crippen LogP contribution in [0.15, 0.2) is 53.3 Å². The van der Waals surface area contributed by atoms with Crippen molar-refractivity contribution in [2.75, 3.05) is 33.3 Å². The van der Waals surface area contributed by atoms with E-state index >= 15 is 0 Å². The molecule has 27 heavy (non-hydrogen) atoms. The lowest BCUT2D eigenvalue weighted by Gasteiger charge is -2.34. The van der Waals surface area contributed by atoms with E-state index in [1.807, 2.05) is 0 Å². The molecular weight excluding hydrogens is 346 g/mol. The van der Waals surface area contributed by atoms with Gasteiger partial charge in [-0.25, -0.2) is 4.98 Å². The van der Waals surface area contributed by atoms with E-state index in [-0.39, 0.29) is 11.8 Å². The van der Waals surface area contributed by atoms with E-state index in [4.69, 9.17) is 9.15 Å². The van der Waals surface area contributed by atoms with Gasteiger partial charge in [-0.15, -0.1) is 0 Å². The van der Waals surface area contributed by atoms with Crippen LogP contribution in [0, 0.1) is 0 Å². The lowest BCUT2D eigenvalue weighted by Crippen LogP contribution is -2.50. The first-order valence-electron chi connectivity index (χ1n) is 8.71. The first-order chi connectivity index (χ1) is 13.2. The molecule has 138 valence electrons.